The molecule has 1 saturated heterocycles. The summed E-state index contributed by atoms with van der Waals surface area (Å²) < 4.78 is 0.833. The van der Waals surface area contributed by atoms with Gasteiger partial charge in [0.15, 0.2) is 5.96 Å². The highest BCUT2D eigenvalue weighted by atomic mass is 127. The summed E-state index contributed by atoms with van der Waals surface area (Å²) in [5.41, 5.74) is 0. The first kappa shape index (κ1) is 18.3. The number of nitrogens with one attached hydrogen (secondary N) is 2. The van der Waals surface area contributed by atoms with Crippen LogP contribution in [0.5, 0.6) is 0 Å². The Morgan fingerprint density at radius 1 is 1.41 bits per heavy atom. The van der Waals surface area contributed by atoms with Gasteiger partial charge >= 0.3 is 0 Å². The molecule has 2 N–H and O–H groups in total. The molecule has 2 aliphatic rings. The van der Waals surface area contributed by atoms with Crippen molar-refractivity contribution in [2.45, 2.75) is 38.4 Å². The lowest BCUT2D eigenvalue weighted by molar-refractivity contribution is 0.315. The molecule has 7 heteroatoms. The molecule has 2 heterocycles. The Balaban J connectivity index is 0.00000176. The van der Waals surface area contributed by atoms with Gasteiger partial charge < -0.3 is 10.6 Å². The molecular formula is C15H24ClIN4S. The van der Waals surface area contributed by atoms with Crippen LogP contribution in [0.2, 0.25) is 4.34 Å². The zero-order chi connectivity index (χ0) is 14.8. The van der Waals surface area contributed by atoms with E-state index in [0.717, 1.165) is 29.4 Å². The van der Waals surface area contributed by atoms with Gasteiger partial charge in [0.05, 0.1) is 10.9 Å². The smallest absolute Gasteiger partial charge is 0.191 e. The van der Waals surface area contributed by atoms with Gasteiger partial charge in [-0.15, -0.1) is 35.3 Å². The molecular weight excluding hydrogens is 431 g/mol. The zero-order valence-electron chi connectivity index (χ0n) is 13.0. The molecule has 1 aromatic rings. The predicted octanol–water partition coefficient (Wildman–Crippen LogP) is 3.17. The summed E-state index contributed by atoms with van der Waals surface area (Å²) in [6, 6.07) is 5.33. The zero-order valence-corrected chi connectivity index (χ0v) is 16.9. The van der Waals surface area contributed by atoms with Crippen LogP contribution >= 0.6 is 46.9 Å². The average molecular weight is 455 g/mol. The minimum Gasteiger partial charge on any atom is -0.352 e. The lowest BCUT2D eigenvalue weighted by atomic mass is 10.1. The van der Waals surface area contributed by atoms with E-state index in [0.29, 0.717) is 12.0 Å². The van der Waals surface area contributed by atoms with Gasteiger partial charge in [-0.2, -0.15) is 0 Å². The summed E-state index contributed by atoms with van der Waals surface area (Å²) in [5.74, 6) is 1.55. The van der Waals surface area contributed by atoms with Crippen molar-refractivity contribution in [3.63, 3.8) is 0 Å². The Bertz CT molecular complexity index is 517. The molecule has 4 nitrogen and oxygen atoms in total. The molecule has 1 saturated carbocycles. The average Bonchev–Trinajstić information content (AvgIpc) is 3.14. The third kappa shape index (κ3) is 4.72. The molecule has 1 aliphatic carbocycles. The summed E-state index contributed by atoms with van der Waals surface area (Å²) in [7, 11) is 1.83. The molecule has 1 aromatic heterocycles. The van der Waals surface area contributed by atoms with Gasteiger partial charge in [-0.3, -0.25) is 9.89 Å². The Kier molecular flexibility index (Phi) is 6.79. The van der Waals surface area contributed by atoms with E-state index in [1.165, 1.54) is 24.3 Å². The Hall–Kier alpha value is -0.0500. The summed E-state index contributed by atoms with van der Waals surface area (Å²) in [6.45, 7) is 5.44. The number of aliphatic imine (C=N–C) groups is 1. The summed E-state index contributed by atoms with van der Waals surface area (Å²) in [4.78, 5) is 8.18. The number of halogens is 2. The monoisotopic (exact) mass is 454 g/mol. The van der Waals surface area contributed by atoms with E-state index >= 15 is 0 Å². The first-order valence-electron chi connectivity index (χ1n) is 7.61. The minimum absolute atomic E-state index is 0. The number of hydrogen-bond acceptors (Lipinski definition) is 3. The van der Waals surface area contributed by atoms with E-state index in [9.17, 15) is 0 Å². The van der Waals surface area contributed by atoms with E-state index in [4.69, 9.17) is 11.6 Å². The fraction of sp³-hybridized carbons (Fsp3) is 0.667. The van der Waals surface area contributed by atoms with Gasteiger partial charge in [0.25, 0.3) is 0 Å². The largest absolute Gasteiger partial charge is 0.352 e. The predicted molar refractivity (Wildman–Crippen MR) is 106 cm³/mol. The molecule has 0 spiro atoms. The van der Waals surface area contributed by atoms with Crippen LogP contribution in [-0.2, 0) is 6.54 Å². The van der Waals surface area contributed by atoms with E-state index in [2.05, 4.69) is 33.5 Å². The van der Waals surface area contributed by atoms with Crippen LogP contribution < -0.4 is 10.6 Å². The molecule has 22 heavy (non-hydrogen) atoms. The Labute approximate surface area is 158 Å². The summed E-state index contributed by atoms with van der Waals surface area (Å²) in [6.07, 6.45) is 2.76. The molecule has 0 aromatic carbocycles. The fourth-order valence-corrected chi connectivity index (χ4v) is 3.95. The van der Waals surface area contributed by atoms with Gasteiger partial charge in [-0.25, -0.2) is 0 Å². The molecule has 2 atom stereocenters. The molecule has 0 radical (unpaired) electrons. The number of nitrogens with zero attached hydrogens (tertiary/aromatic N) is 2. The molecule has 0 bridgehead atoms. The van der Waals surface area contributed by atoms with Crippen LogP contribution in [-0.4, -0.2) is 43.1 Å². The SMILES string of the molecule is CN=C(NCc1ccc(Cl)s1)NC1CN(C2CC2)CC1C.I. The molecule has 2 unspecified atom stereocenters. The van der Waals surface area contributed by atoms with Crippen LogP contribution in [0, 0.1) is 5.92 Å². The molecule has 0 amide bonds. The lowest BCUT2D eigenvalue weighted by Crippen LogP contribution is -2.46. The maximum absolute atomic E-state index is 5.96. The molecule has 2 fully saturated rings. The molecule has 3 rings (SSSR count). The minimum atomic E-state index is 0. The number of rotatable bonds is 4. The maximum atomic E-state index is 5.96. The van der Waals surface area contributed by atoms with Crippen molar-refractivity contribution in [1.29, 1.82) is 0 Å². The highest BCUT2D eigenvalue weighted by Crippen LogP contribution is 2.31. The lowest BCUT2D eigenvalue weighted by Gasteiger charge is -2.20. The first-order chi connectivity index (χ1) is 10.2. The third-order valence-corrected chi connectivity index (χ3v) is 5.54. The second-order valence-electron chi connectivity index (χ2n) is 6.04. The summed E-state index contributed by atoms with van der Waals surface area (Å²) >= 11 is 7.57. The van der Waals surface area contributed by atoms with Gasteiger partial charge in [0.2, 0.25) is 0 Å². The van der Waals surface area contributed by atoms with E-state index < -0.39 is 0 Å². The second kappa shape index (κ2) is 8.17. The number of hydrogen-bond donors (Lipinski definition) is 2. The van der Waals surface area contributed by atoms with Crippen molar-refractivity contribution in [1.82, 2.24) is 15.5 Å². The van der Waals surface area contributed by atoms with Crippen molar-refractivity contribution < 1.29 is 0 Å². The number of thiophene rings is 1. The van der Waals surface area contributed by atoms with Crippen molar-refractivity contribution in [2.75, 3.05) is 20.1 Å². The Morgan fingerprint density at radius 3 is 2.77 bits per heavy atom. The van der Waals surface area contributed by atoms with Gasteiger partial charge in [0.1, 0.15) is 0 Å². The standard InChI is InChI=1S/C15H23ClN4S.HI/c1-10-8-20(11-3-4-11)9-13(10)19-15(17-2)18-7-12-5-6-14(16)21-12;/h5-6,10-11,13H,3-4,7-9H2,1-2H3,(H2,17,18,19);1H. The van der Waals surface area contributed by atoms with Gasteiger partial charge in [0, 0.05) is 37.1 Å². The quantitative estimate of drug-likeness (QED) is 0.417. The highest BCUT2D eigenvalue weighted by molar-refractivity contribution is 14.0. The maximum Gasteiger partial charge on any atom is 0.191 e. The topological polar surface area (TPSA) is 39.7 Å². The summed E-state index contributed by atoms with van der Waals surface area (Å²) in [5, 5.41) is 6.95. The van der Waals surface area contributed by atoms with Crippen molar-refractivity contribution in [2.24, 2.45) is 10.9 Å². The van der Waals surface area contributed by atoms with E-state index in [-0.39, 0.29) is 24.0 Å². The Morgan fingerprint density at radius 2 is 2.18 bits per heavy atom. The van der Waals surface area contributed by atoms with Crippen LogP contribution in [0.4, 0.5) is 0 Å². The van der Waals surface area contributed by atoms with Gasteiger partial charge in [-0.1, -0.05) is 18.5 Å². The van der Waals surface area contributed by atoms with E-state index in [1.54, 1.807) is 11.3 Å². The third-order valence-electron chi connectivity index (χ3n) is 4.31. The molecule has 124 valence electrons. The number of likely N-dealkylation sites (tertiary alicyclic amines) is 1. The van der Waals surface area contributed by atoms with Gasteiger partial charge in [-0.05, 0) is 30.9 Å². The first-order valence-corrected chi connectivity index (χ1v) is 8.80. The van der Waals surface area contributed by atoms with Crippen molar-refractivity contribution in [3.05, 3.63) is 21.3 Å². The van der Waals surface area contributed by atoms with Crippen LogP contribution in [0.1, 0.15) is 24.6 Å². The van der Waals surface area contributed by atoms with Crippen LogP contribution in [0.25, 0.3) is 0 Å². The van der Waals surface area contributed by atoms with Crippen molar-refractivity contribution in [3.8, 4) is 0 Å². The number of guanidine groups is 1. The highest BCUT2D eigenvalue weighted by Gasteiger charge is 2.38. The van der Waals surface area contributed by atoms with Crippen LogP contribution in [0.15, 0.2) is 17.1 Å². The normalized spacial score (nSPS) is 25.9. The van der Waals surface area contributed by atoms with E-state index in [1.807, 2.05) is 13.1 Å². The fourth-order valence-electron chi connectivity index (χ4n) is 2.92. The molecule has 1 aliphatic heterocycles. The van der Waals surface area contributed by atoms with Crippen molar-refractivity contribution >= 4 is 52.9 Å². The second-order valence-corrected chi connectivity index (χ2v) is 7.84. The van der Waals surface area contributed by atoms with Crippen LogP contribution in [0.3, 0.4) is 0 Å².